The predicted molar refractivity (Wildman–Crippen MR) is 42.2 cm³/mol. The molecule has 1 unspecified atom stereocenters. The molecule has 78 valence electrons. The van der Waals surface area contributed by atoms with E-state index < -0.39 is 23.1 Å². The van der Waals surface area contributed by atoms with E-state index >= 15 is 0 Å². The molecule has 1 N–H and O–H groups in total. The van der Waals surface area contributed by atoms with Crippen molar-refractivity contribution in [1.82, 2.24) is 0 Å². The summed E-state index contributed by atoms with van der Waals surface area (Å²) < 4.78 is 49.0. The summed E-state index contributed by atoms with van der Waals surface area (Å²) in [5, 5.41) is 8.77. The minimum absolute atomic E-state index is 0.320. The van der Waals surface area contributed by atoms with Gasteiger partial charge in [-0.25, -0.2) is 4.39 Å². The van der Waals surface area contributed by atoms with Gasteiger partial charge in [-0.05, 0) is 23.8 Å². The summed E-state index contributed by atoms with van der Waals surface area (Å²) in [5.41, 5.74) is -3.14. The standard InChI is InChI=1S/C8H5ClF4O/c9-7(14)4-1-5(8(11,12)13)3-6(10)2-4/h1-3,7,14H. The van der Waals surface area contributed by atoms with E-state index in [2.05, 4.69) is 0 Å². The van der Waals surface area contributed by atoms with Gasteiger partial charge in [-0.15, -0.1) is 0 Å². The Kier molecular flexibility index (Phi) is 3.01. The van der Waals surface area contributed by atoms with Gasteiger partial charge in [0.1, 0.15) is 5.82 Å². The Morgan fingerprint density at radius 3 is 2.21 bits per heavy atom. The maximum atomic E-state index is 12.6. The van der Waals surface area contributed by atoms with Gasteiger partial charge < -0.3 is 5.11 Å². The van der Waals surface area contributed by atoms with Crippen molar-refractivity contribution in [1.29, 1.82) is 0 Å². The average molecular weight is 229 g/mol. The summed E-state index contributed by atoms with van der Waals surface area (Å²) in [6, 6.07) is 1.68. The molecule has 0 aromatic heterocycles. The average Bonchev–Trinajstić information content (AvgIpc) is 2.01. The largest absolute Gasteiger partial charge is 0.416 e. The van der Waals surface area contributed by atoms with Crippen molar-refractivity contribution < 1.29 is 22.7 Å². The molecule has 14 heavy (non-hydrogen) atoms. The summed E-state index contributed by atoms with van der Waals surface area (Å²) >= 11 is 5.12. The quantitative estimate of drug-likeness (QED) is 0.579. The van der Waals surface area contributed by atoms with Crippen molar-refractivity contribution in [2.45, 2.75) is 11.7 Å². The van der Waals surface area contributed by atoms with Crippen molar-refractivity contribution in [2.24, 2.45) is 0 Å². The Labute approximate surface area is 81.9 Å². The number of hydrogen-bond donors (Lipinski definition) is 1. The van der Waals surface area contributed by atoms with E-state index in [-0.39, 0.29) is 5.56 Å². The lowest BCUT2D eigenvalue weighted by Crippen LogP contribution is -2.06. The van der Waals surface area contributed by atoms with E-state index in [4.69, 9.17) is 16.7 Å². The number of aliphatic hydroxyl groups excluding tert-OH is 1. The SMILES string of the molecule is OC(Cl)c1cc(F)cc(C(F)(F)F)c1. The fourth-order valence-corrected chi connectivity index (χ4v) is 1.04. The lowest BCUT2D eigenvalue weighted by molar-refractivity contribution is -0.137. The first-order valence-electron chi connectivity index (χ1n) is 3.50. The molecular formula is C8H5ClF4O. The van der Waals surface area contributed by atoms with Crippen LogP contribution in [0.5, 0.6) is 0 Å². The molecular weight excluding hydrogens is 224 g/mol. The number of aliphatic hydroxyl groups is 1. The molecule has 6 heteroatoms. The van der Waals surface area contributed by atoms with Gasteiger partial charge in [0.15, 0.2) is 5.56 Å². The van der Waals surface area contributed by atoms with Gasteiger partial charge in [0.25, 0.3) is 0 Å². The number of halogens is 5. The van der Waals surface area contributed by atoms with Crippen molar-refractivity contribution in [3.63, 3.8) is 0 Å². The van der Waals surface area contributed by atoms with Crippen LogP contribution < -0.4 is 0 Å². The summed E-state index contributed by atoms with van der Waals surface area (Å²) in [5.74, 6) is -1.09. The van der Waals surface area contributed by atoms with Gasteiger partial charge in [-0.2, -0.15) is 13.2 Å². The Morgan fingerprint density at radius 1 is 1.21 bits per heavy atom. The smallest absolute Gasteiger partial charge is 0.373 e. The van der Waals surface area contributed by atoms with E-state index in [9.17, 15) is 17.6 Å². The monoisotopic (exact) mass is 228 g/mol. The molecule has 0 bridgehead atoms. The van der Waals surface area contributed by atoms with Gasteiger partial charge in [0, 0.05) is 0 Å². The molecule has 1 nitrogen and oxygen atoms in total. The molecule has 0 aliphatic rings. The van der Waals surface area contributed by atoms with Crippen LogP contribution >= 0.6 is 11.6 Å². The van der Waals surface area contributed by atoms with Crippen LogP contribution in [0.3, 0.4) is 0 Å². The second-order valence-electron chi connectivity index (χ2n) is 2.61. The lowest BCUT2D eigenvalue weighted by Gasteiger charge is -2.09. The Hall–Kier alpha value is -0.810. The maximum absolute atomic E-state index is 12.6. The summed E-state index contributed by atoms with van der Waals surface area (Å²) in [6.45, 7) is 0. The normalized spacial score (nSPS) is 14.1. The van der Waals surface area contributed by atoms with Crippen molar-refractivity contribution in [2.75, 3.05) is 0 Å². The van der Waals surface area contributed by atoms with Crippen LogP contribution in [0.2, 0.25) is 0 Å². The molecule has 0 amide bonds. The molecule has 0 saturated carbocycles. The lowest BCUT2D eigenvalue weighted by atomic mass is 10.1. The number of rotatable bonds is 1. The second kappa shape index (κ2) is 3.74. The highest BCUT2D eigenvalue weighted by Gasteiger charge is 2.31. The van der Waals surface area contributed by atoms with Gasteiger partial charge in [-0.1, -0.05) is 11.6 Å². The highest BCUT2D eigenvalue weighted by atomic mass is 35.5. The first-order valence-corrected chi connectivity index (χ1v) is 3.94. The number of alkyl halides is 4. The molecule has 0 heterocycles. The molecule has 1 aromatic carbocycles. The van der Waals surface area contributed by atoms with Crippen LogP contribution in [-0.2, 0) is 6.18 Å². The van der Waals surface area contributed by atoms with Crippen LogP contribution in [0.1, 0.15) is 16.7 Å². The Morgan fingerprint density at radius 2 is 1.79 bits per heavy atom. The fourth-order valence-electron chi connectivity index (χ4n) is 0.914. The fraction of sp³-hybridized carbons (Fsp3) is 0.250. The van der Waals surface area contributed by atoms with Crippen LogP contribution in [0.4, 0.5) is 17.6 Å². The first kappa shape index (κ1) is 11.3. The predicted octanol–water partition coefficient (Wildman–Crippen LogP) is 3.07. The van der Waals surface area contributed by atoms with Gasteiger partial charge >= 0.3 is 6.18 Å². The zero-order valence-electron chi connectivity index (χ0n) is 6.65. The van der Waals surface area contributed by atoms with Crippen LogP contribution in [0, 0.1) is 5.82 Å². The third kappa shape index (κ3) is 2.59. The van der Waals surface area contributed by atoms with Crippen LogP contribution in [0.25, 0.3) is 0 Å². The van der Waals surface area contributed by atoms with Crippen LogP contribution in [0.15, 0.2) is 18.2 Å². The van der Waals surface area contributed by atoms with Crippen molar-refractivity contribution in [3.8, 4) is 0 Å². The molecule has 0 radical (unpaired) electrons. The Bertz CT molecular complexity index is 335. The number of benzene rings is 1. The van der Waals surface area contributed by atoms with Crippen molar-refractivity contribution in [3.05, 3.63) is 35.1 Å². The van der Waals surface area contributed by atoms with Gasteiger partial charge in [-0.3, -0.25) is 0 Å². The Balaban J connectivity index is 3.21. The van der Waals surface area contributed by atoms with E-state index in [1.54, 1.807) is 0 Å². The highest BCUT2D eigenvalue weighted by Crippen LogP contribution is 2.32. The molecule has 1 atom stereocenters. The van der Waals surface area contributed by atoms with E-state index in [1.165, 1.54) is 0 Å². The molecule has 0 spiro atoms. The van der Waals surface area contributed by atoms with E-state index in [0.29, 0.717) is 12.1 Å². The highest BCUT2D eigenvalue weighted by molar-refractivity contribution is 6.19. The van der Waals surface area contributed by atoms with Gasteiger partial charge in [0.05, 0.1) is 5.56 Å². The zero-order valence-corrected chi connectivity index (χ0v) is 7.40. The minimum Gasteiger partial charge on any atom is -0.373 e. The van der Waals surface area contributed by atoms with Crippen LogP contribution in [-0.4, -0.2) is 5.11 Å². The molecule has 1 aromatic rings. The minimum atomic E-state index is -4.65. The molecule has 0 saturated heterocycles. The summed E-state index contributed by atoms with van der Waals surface area (Å²) in [7, 11) is 0. The van der Waals surface area contributed by atoms with Gasteiger partial charge in [0.2, 0.25) is 0 Å². The molecule has 0 fully saturated rings. The zero-order chi connectivity index (χ0) is 10.9. The number of hydrogen-bond acceptors (Lipinski definition) is 1. The van der Waals surface area contributed by atoms with Crippen molar-refractivity contribution >= 4 is 11.6 Å². The topological polar surface area (TPSA) is 20.2 Å². The third-order valence-corrected chi connectivity index (χ3v) is 1.77. The summed E-state index contributed by atoms with van der Waals surface area (Å²) in [4.78, 5) is 0. The van der Waals surface area contributed by atoms with E-state index in [1.807, 2.05) is 0 Å². The third-order valence-electron chi connectivity index (χ3n) is 1.52. The molecule has 0 aliphatic carbocycles. The second-order valence-corrected chi connectivity index (χ2v) is 3.02. The summed E-state index contributed by atoms with van der Waals surface area (Å²) in [6.07, 6.45) is -4.65. The van der Waals surface area contributed by atoms with E-state index in [0.717, 1.165) is 6.07 Å². The molecule has 1 rings (SSSR count). The maximum Gasteiger partial charge on any atom is 0.416 e. The first-order chi connectivity index (χ1) is 6.30. The molecule has 0 aliphatic heterocycles.